The third-order valence-corrected chi connectivity index (χ3v) is 8.40. The zero-order chi connectivity index (χ0) is 25.7. The van der Waals surface area contributed by atoms with Crippen molar-refractivity contribution in [3.05, 3.63) is 93.5 Å². The van der Waals surface area contributed by atoms with Gasteiger partial charge in [-0.3, -0.25) is 14.4 Å². The van der Waals surface area contributed by atoms with Crippen LogP contribution in [0.5, 0.6) is 0 Å². The lowest BCUT2D eigenvalue weighted by atomic mass is 10.1. The van der Waals surface area contributed by atoms with Gasteiger partial charge in [0.05, 0.1) is 5.02 Å². The van der Waals surface area contributed by atoms with E-state index in [0.717, 1.165) is 36.3 Å². The van der Waals surface area contributed by atoms with Crippen molar-refractivity contribution in [3.63, 3.8) is 0 Å². The summed E-state index contributed by atoms with van der Waals surface area (Å²) in [7, 11) is -3.98. The molecule has 6 nitrogen and oxygen atoms in total. The number of anilines is 1. The highest BCUT2D eigenvalue weighted by Crippen LogP contribution is 2.26. The predicted octanol–water partition coefficient (Wildman–Crippen LogP) is 5.67. The number of hydrogen-bond donors (Lipinski definition) is 2. The van der Waals surface area contributed by atoms with Gasteiger partial charge in [0.15, 0.2) is 0 Å². The molecule has 0 atom stereocenters. The molecule has 1 saturated heterocycles. The second-order valence-corrected chi connectivity index (χ2v) is 11.4. The lowest BCUT2D eigenvalue weighted by Gasteiger charge is -2.26. The van der Waals surface area contributed by atoms with Gasteiger partial charge in [-0.25, -0.2) is 8.42 Å². The summed E-state index contributed by atoms with van der Waals surface area (Å²) in [5.74, 6) is -0.365. The molecule has 8 heteroatoms. The standard InChI is InChI=1S/C28H32ClN3O3S/c1-20-9-11-25(15-21(20)2)31-36(34,35)27-17-24(10-12-26(27)29)28(33)30-18-22-7-6-8-23(16-22)19-32-13-4-3-5-14-32/h6-12,15-17,31H,3-5,13-14,18-19H2,1-2H3,(H,30,33). The molecule has 190 valence electrons. The number of aryl methyl sites for hydroxylation is 2. The van der Waals surface area contributed by atoms with Crippen LogP contribution in [0.3, 0.4) is 0 Å². The van der Waals surface area contributed by atoms with E-state index in [-0.39, 0.29) is 21.4 Å². The van der Waals surface area contributed by atoms with Gasteiger partial charge in [-0.05, 0) is 92.4 Å². The zero-order valence-corrected chi connectivity index (χ0v) is 22.3. The van der Waals surface area contributed by atoms with E-state index in [1.807, 2.05) is 32.0 Å². The molecule has 0 bridgehead atoms. The van der Waals surface area contributed by atoms with E-state index in [2.05, 4.69) is 27.1 Å². The summed E-state index contributed by atoms with van der Waals surface area (Å²) in [5, 5.41) is 2.95. The van der Waals surface area contributed by atoms with E-state index in [1.54, 1.807) is 12.1 Å². The summed E-state index contributed by atoms with van der Waals surface area (Å²) >= 11 is 6.22. The Bertz CT molecular complexity index is 1350. The molecule has 2 N–H and O–H groups in total. The molecule has 0 saturated carbocycles. The lowest BCUT2D eigenvalue weighted by molar-refractivity contribution is 0.0950. The third-order valence-electron chi connectivity index (χ3n) is 6.54. The number of likely N-dealkylation sites (tertiary alicyclic amines) is 1. The zero-order valence-electron chi connectivity index (χ0n) is 20.7. The summed E-state index contributed by atoms with van der Waals surface area (Å²) in [6.45, 7) is 7.38. The minimum absolute atomic E-state index is 0.0493. The fourth-order valence-electron chi connectivity index (χ4n) is 4.36. The van der Waals surface area contributed by atoms with Crippen molar-refractivity contribution in [2.45, 2.75) is 51.1 Å². The Hall–Kier alpha value is -2.87. The summed E-state index contributed by atoms with van der Waals surface area (Å²) in [6.07, 6.45) is 3.79. The molecule has 1 fully saturated rings. The third kappa shape index (κ3) is 6.66. The molecule has 1 heterocycles. The molecule has 0 aliphatic carbocycles. The van der Waals surface area contributed by atoms with Gasteiger partial charge in [-0.15, -0.1) is 0 Å². The first kappa shape index (κ1) is 26.2. The highest BCUT2D eigenvalue weighted by atomic mass is 35.5. The van der Waals surface area contributed by atoms with E-state index >= 15 is 0 Å². The van der Waals surface area contributed by atoms with E-state index in [0.29, 0.717) is 12.2 Å². The maximum absolute atomic E-state index is 13.0. The van der Waals surface area contributed by atoms with Gasteiger partial charge < -0.3 is 5.32 Å². The number of nitrogens with zero attached hydrogens (tertiary/aromatic N) is 1. The van der Waals surface area contributed by atoms with Crippen LogP contribution >= 0.6 is 11.6 Å². The summed E-state index contributed by atoms with van der Waals surface area (Å²) < 4.78 is 28.6. The number of halogens is 1. The van der Waals surface area contributed by atoms with Gasteiger partial charge in [0, 0.05) is 24.3 Å². The Balaban J connectivity index is 1.43. The van der Waals surface area contributed by atoms with Gasteiger partial charge in [-0.2, -0.15) is 0 Å². The van der Waals surface area contributed by atoms with Crippen molar-refractivity contribution < 1.29 is 13.2 Å². The van der Waals surface area contributed by atoms with Crippen molar-refractivity contribution in [1.82, 2.24) is 10.2 Å². The number of piperidine rings is 1. The van der Waals surface area contributed by atoms with Crippen LogP contribution in [0.2, 0.25) is 5.02 Å². The maximum Gasteiger partial charge on any atom is 0.263 e. The van der Waals surface area contributed by atoms with Crippen molar-refractivity contribution in [2.75, 3.05) is 17.8 Å². The fraction of sp³-hybridized carbons (Fsp3) is 0.321. The van der Waals surface area contributed by atoms with Gasteiger partial charge in [-0.1, -0.05) is 48.4 Å². The van der Waals surface area contributed by atoms with Gasteiger partial charge in [0.2, 0.25) is 0 Å². The number of sulfonamides is 1. The van der Waals surface area contributed by atoms with Crippen LogP contribution in [-0.2, 0) is 23.1 Å². The molecule has 0 spiro atoms. The number of nitrogens with one attached hydrogen (secondary N) is 2. The monoisotopic (exact) mass is 525 g/mol. The van der Waals surface area contributed by atoms with Gasteiger partial charge in [0.1, 0.15) is 4.90 Å². The minimum atomic E-state index is -3.98. The summed E-state index contributed by atoms with van der Waals surface area (Å²) in [5.41, 5.74) is 4.91. The Labute approximate surface area is 218 Å². The quantitative estimate of drug-likeness (QED) is 0.397. The van der Waals surface area contributed by atoms with Crippen LogP contribution in [0.15, 0.2) is 65.6 Å². The molecule has 0 aromatic heterocycles. The van der Waals surface area contributed by atoms with Crippen molar-refractivity contribution in [2.24, 2.45) is 0 Å². The van der Waals surface area contributed by atoms with E-state index in [1.165, 1.54) is 43.0 Å². The first-order chi connectivity index (χ1) is 17.2. The van der Waals surface area contributed by atoms with Crippen LogP contribution in [0.1, 0.15) is 51.9 Å². The van der Waals surface area contributed by atoms with Crippen LogP contribution < -0.4 is 10.0 Å². The number of hydrogen-bond acceptors (Lipinski definition) is 4. The molecule has 1 aliphatic rings. The molecular weight excluding hydrogens is 494 g/mol. The van der Waals surface area contributed by atoms with Gasteiger partial charge >= 0.3 is 0 Å². The largest absolute Gasteiger partial charge is 0.348 e. The average Bonchev–Trinajstić information content (AvgIpc) is 2.86. The highest BCUT2D eigenvalue weighted by Gasteiger charge is 2.21. The van der Waals surface area contributed by atoms with Crippen molar-refractivity contribution in [1.29, 1.82) is 0 Å². The first-order valence-corrected chi connectivity index (χ1v) is 14.1. The topological polar surface area (TPSA) is 78.5 Å². The Morgan fingerprint density at radius 3 is 2.42 bits per heavy atom. The molecule has 36 heavy (non-hydrogen) atoms. The van der Waals surface area contributed by atoms with E-state index in [4.69, 9.17) is 11.6 Å². The smallest absolute Gasteiger partial charge is 0.263 e. The number of rotatable bonds is 8. The number of carbonyl (C=O) groups excluding carboxylic acids is 1. The highest BCUT2D eigenvalue weighted by molar-refractivity contribution is 7.92. The fourth-order valence-corrected chi connectivity index (χ4v) is 5.94. The normalized spacial score (nSPS) is 14.4. The SMILES string of the molecule is Cc1ccc(NS(=O)(=O)c2cc(C(=O)NCc3cccc(CN4CCCCC4)c3)ccc2Cl)cc1C. The summed E-state index contributed by atoms with van der Waals surface area (Å²) in [4.78, 5) is 15.2. The molecule has 1 aliphatic heterocycles. The van der Waals surface area contributed by atoms with Gasteiger partial charge in [0.25, 0.3) is 15.9 Å². The van der Waals surface area contributed by atoms with E-state index < -0.39 is 10.0 Å². The van der Waals surface area contributed by atoms with Crippen LogP contribution in [0.25, 0.3) is 0 Å². The predicted molar refractivity (Wildman–Crippen MR) is 145 cm³/mol. The van der Waals surface area contributed by atoms with Crippen molar-refractivity contribution in [3.8, 4) is 0 Å². The molecular formula is C28H32ClN3O3S. The Morgan fingerprint density at radius 2 is 1.67 bits per heavy atom. The maximum atomic E-state index is 13.0. The molecule has 3 aromatic rings. The van der Waals surface area contributed by atoms with Crippen molar-refractivity contribution >= 4 is 33.2 Å². The van der Waals surface area contributed by atoms with E-state index in [9.17, 15) is 13.2 Å². The summed E-state index contributed by atoms with van der Waals surface area (Å²) in [6, 6.07) is 17.8. The number of amides is 1. The number of benzene rings is 3. The second-order valence-electron chi connectivity index (χ2n) is 9.39. The van der Waals surface area contributed by atoms with Crippen LogP contribution in [0.4, 0.5) is 5.69 Å². The molecule has 0 radical (unpaired) electrons. The second kappa shape index (κ2) is 11.5. The minimum Gasteiger partial charge on any atom is -0.348 e. The van der Waals surface area contributed by atoms with Crippen LogP contribution in [0, 0.1) is 13.8 Å². The lowest BCUT2D eigenvalue weighted by Crippen LogP contribution is -2.29. The molecule has 0 unspecified atom stereocenters. The number of carbonyl (C=O) groups is 1. The first-order valence-electron chi connectivity index (χ1n) is 12.2. The Morgan fingerprint density at radius 1 is 0.917 bits per heavy atom. The molecule has 1 amide bonds. The molecule has 4 rings (SSSR count). The average molecular weight is 526 g/mol. The van der Waals surface area contributed by atoms with Crippen LogP contribution in [-0.4, -0.2) is 32.3 Å². The Kier molecular flexibility index (Phi) is 8.34. The molecule has 3 aromatic carbocycles.